The Kier molecular flexibility index (Phi) is 22.2. The van der Waals surface area contributed by atoms with Crippen molar-refractivity contribution in [1.82, 2.24) is 0 Å². The van der Waals surface area contributed by atoms with E-state index in [1.165, 1.54) is 57.8 Å². The fourth-order valence-corrected chi connectivity index (χ4v) is 2.41. The Hall–Kier alpha value is 0.1000. The van der Waals surface area contributed by atoms with Gasteiger partial charge in [0.25, 0.3) is 0 Å². The van der Waals surface area contributed by atoms with E-state index in [9.17, 15) is 9.59 Å². The molecular formula is C18H36NNaO3. The number of carbonyl (C=O) groups excluding carboxylic acids is 2. The molecule has 0 fully saturated rings. The molecule has 5 heteroatoms. The SMILES string of the molecule is CCCCCCCCCCCCCC(=O)COC(=O)CCN.[NaH]. The number of rotatable bonds is 16. The molecule has 0 unspecified atom stereocenters. The first kappa shape index (κ1) is 25.3. The zero-order chi connectivity index (χ0) is 16.5. The van der Waals surface area contributed by atoms with Gasteiger partial charge in [-0.3, -0.25) is 9.59 Å². The molecule has 0 aromatic heterocycles. The molecular weight excluding hydrogens is 301 g/mol. The van der Waals surface area contributed by atoms with E-state index < -0.39 is 0 Å². The number of ketones is 1. The molecule has 4 nitrogen and oxygen atoms in total. The van der Waals surface area contributed by atoms with Gasteiger partial charge in [0.15, 0.2) is 5.78 Å². The number of Topliss-reactive ketones (excluding diaryl/α,β-unsaturated/α-hetero) is 1. The van der Waals surface area contributed by atoms with Crippen LogP contribution in [0.15, 0.2) is 0 Å². The van der Waals surface area contributed by atoms with E-state index in [0.29, 0.717) is 6.42 Å². The molecule has 0 aromatic rings. The molecule has 23 heavy (non-hydrogen) atoms. The van der Waals surface area contributed by atoms with Crippen LogP contribution in [0.1, 0.15) is 90.4 Å². The van der Waals surface area contributed by atoms with Crippen LogP contribution in [0.4, 0.5) is 0 Å². The van der Waals surface area contributed by atoms with Gasteiger partial charge in [-0.05, 0) is 6.42 Å². The summed E-state index contributed by atoms with van der Waals surface area (Å²) < 4.78 is 4.83. The van der Waals surface area contributed by atoms with Crippen LogP contribution in [-0.2, 0) is 14.3 Å². The van der Waals surface area contributed by atoms with E-state index in [-0.39, 0.29) is 60.9 Å². The summed E-state index contributed by atoms with van der Waals surface area (Å²) in [4.78, 5) is 22.6. The number of hydrogen-bond donors (Lipinski definition) is 1. The normalized spacial score (nSPS) is 10.2. The second-order valence-corrected chi connectivity index (χ2v) is 6.02. The fraction of sp³-hybridized carbons (Fsp3) is 0.889. The van der Waals surface area contributed by atoms with Crippen LogP contribution in [0.25, 0.3) is 0 Å². The summed E-state index contributed by atoms with van der Waals surface area (Å²) in [6.07, 6.45) is 14.7. The molecule has 0 aliphatic rings. The second kappa shape index (κ2) is 20.1. The summed E-state index contributed by atoms with van der Waals surface area (Å²) in [5, 5.41) is 0. The molecule has 132 valence electrons. The van der Waals surface area contributed by atoms with Crippen molar-refractivity contribution in [3.8, 4) is 0 Å². The van der Waals surface area contributed by atoms with E-state index >= 15 is 0 Å². The first-order valence-electron chi connectivity index (χ1n) is 9.08. The number of unbranched alkanes of at least 4 members (excludes halogenated alkanes) is 10. The zero-order valence-electron chi connectivity index (χ0n) is 14.4. The van der Waals surface area contributed by atoms with Crippen molar-refractivity contribution >= 4 is 41.3 Å². The number of nitrogens with two attached hydrogens (primary N) is 1. The maximum absolute atomic E-state index is 11.5. The Balaban J connectivity index is 0. The van der Waals surface area contributed by atoms with Crippen molar-refractivity contribution < 1.29 is 14.3 Å². The number of hydrogen-bond acceptors (Lipinski definition) is 4. The van der Waals surface area contributed by atoms with Crippen LogP contribution >= 0.6 is 0 Å². The monoisotopic (exact) mass is 337 g/mol. The Bertz CT molecular complexity index is 285. The van der Waals surface area contributed by atoms with Crippen molar-refractivity contribution in [2.24, 2.45) is 5.73 Å². The molecule has 2 N–H and O–H groups in total. The Labute approximate surface area is 164 Å². The predicted octanol–water partition coefficient (Wildman–Crippen LogP) is 3.50. The van der Waals surface area contributed by atoms with Crippen molar-refractivity contribution in [3.05, 3.63) is 0 Å². The van der Waals surface area contributed by atoms with Gasteiger partial charge in [-0.2, -0.15) is 0 Å². The third kappa shape index (κ3) is 20.1. The first-order valence-corrected chi connectivity index (χ1v) is 9.08. The van der Waals surface area contributed by atoms with Gasteiger partial charge in [-0.1, -0.05) is 71.1 Å². The van der Waals surface area contributed by atoms with Crippen molar-refractivity contribution in [2.75, 3.05) is 13.2 Å². The van der Waals surface area contributed by atoms with Gasteiger partial charge in [0.1, 0.15) is 6.61 Å². The fourth-order valence-electron chi connectivity index (χ4n) is 2.41. The standard InChI is InChI=1S/C18H35NO3.Na.H/c1-2-3-4-5-6-7-8-9-10-11-12-13-17(20)16-22-18(21)14-15-19;;/h2-16,19H2,1H3;;. The number of carbonyl (C=O) groups is 2. The summed E-state index contributed by atoms with van der Waals surface area (Å²) >= 11 is 0. The Morgan fingerprint density at radius 2 is 1.26 bits per heavy atom. The molecule has 0 amide bonds. The number of ether oxygens (including phenoxy) is 1. The zero-order valence-corrected chi connectivity index (χ0v) is 14.4. The number of esters is 1. The Morgan fingerprint density at radius 3 is 1.74 bits per heavy atom. The van der Waals surface area contributed by atoms with Gasteiger partial charge in [-0.25, -0.2) is 0 Å². The summed E-state index contributed by atoms with van der Waals surface area (Å²) in [6, 6.07) is 0. The molecule has 0 radical (unpaired) electrons. The third-order valence-electron chi connectivity index (χ3n) is 3.80. The van der Waals surface area contributed by atoms with Crippen LogP contribution in [0.2, 0.25) is 0 Å². The van der Waals surface area contributed by atoms with E-state index in [1.54, 1.807) is 0 Å². The topological polar surface area (TPSA) is 69.4 Å². The third-order valence-corrected chi connectivity index (χ3v) is 3.80. The average molecular weight is 337 g/mol. The van der Waals surface area contributed by atoms with E-state index in [1.807, 2.05) is 0 Å². The van der Waals surface area contributed by atoms with Gasteiger partial charge in [-0.15, -0.1) is 0 Å². The first-order chi connectivity index (χ1) is 10.7. The van der Waals surface area contributed by atoms with Gasteiger partial charge < -0.3 is 10.5 Å². The predicted molar refractivity (Wildman–Crippen MR) is 97.9 cm³/mol. The molecule has 0 rings (SSSR count). The van der Waals surface area contributed by atoms with E-state index in [0.717, 1.165) is 12.8 Å². The van der Waals surface area contributed by atoms with E-state index in [2.05, 4.69) is 6.92 Å². The molecule has 0 heterocycles. The quantitative estimate of drug-likeness (QED) is 0.266. The molecule has 0 aliphatic carbocycles. The summed E-state index contributed by atoms with van der Waals surface area (Å²) in [5.41, 5.74) is 5.23. The molecule has 0 saturated carbocycles. The molecule has 0 saturated heterocycles. The van der Waals surface area contributed by atoms with Crippen LogP contribution in [0.5, 0.6) is 0 Å². The summed E-state index contributed by atoms with van der Waals surface area (Å²) in [7, 11) is 0. The second-order valence-electron chi connectivity index (χ2n) is 6.02. The van der Waals surface area contributed by atoms with Crippen molar-refractivity contribution in [1.29, 1.82) is 0 Å². The van der Waals surface area contributed by atoms with Gasteiger partial charge in [0.05, 0.1) is 6.42 Å². The van der Waals surface area contributed by atoms with Crippen LogP contribution in [0, 0.1) is 0 Å². The van der Waals surface area contributed by atoms with Crippen LogP contribution in [-0.4, -0.2) is 54.5 Å². The molecule has 0 spiro atoms. The van der Waals surface area contributed by atoms with E-state index in [4.69, 9.17) is 10.5 Å². The maximum atomic E-state index is 11.5. The molecule has 0 aliphatic heterocycles. The van der Waals surface area contributed by atoms with Gasteiger partial charge in [0, 0.05) is 13.0 Å². The van der Waals surface area contributed by atoms with Gasteiger partial charge in [0.2, 0.25) is 0 Å². The van der Waals surface area contributed by atoms with Crippen LogP contribution < -0.4 is 5.73 Å². The molecule has 0 aromatic carbocycles. The minimum atomic E-state index is -0.380. The van der Waals surface area contributed by atoms with Gasteiger partial charge >= 0.3 is 35.5 Å². The minimum absolute atomic E-state index is 0. The average Bonchev–Trinajstić information content (AvgIpc) is 2.51. The van der Waals surface area contributed by atoms with Crippen molar-refractivity contribution in [3.63, 3.8) is 0 Å². The summed E-state index contributed by atoms with van der Waals surface area (Å²) in [6.45, 7) is 2.43. The molecule has 0 bridgehead atoms. The Morgan fingerprint density at radius 1 is 0.783 bits per heavy atom. The molecule has 0 atom stereocenters. The van der Waals surface area contributed by atoms with Crippen LogP contribution in [0.3, 0.4) is 0 Å². The van der Waals surface area contributed by atoms with Crippen molar-refractivity contribution in [2.45, 2.75) is 90.4 Å². The summed E-state index contributed by atoms with van der Waals surface area (Å²) in [5.74, 6) is -0.365.